The topological polar surface area (TPSA) is 12.9 Å². The van der Waals surface area contributed by atoms with Crippen LogP contribution < -0.4 is 24.0 Å². The lowest BCUT2D eigenvalue weighted by Gasteiger charge is -2.05. The van der Waals surface area contributed by atoms with Crippen LogP contribution in [0.5, 0.6) is 0 Å². The Morgan fingerprint density at radius 3 is 2.32 bits per heavy atom. The van der Waals surface area contributed by atoms with Crippen molar-refractivity contribution in [3.05, 3.63) is 48.0 Å². The Hall–Kier alpha value is -1.02. The molecule has 0 aliphatic rings. The minimum absolute atomic E-state index is 0. The summed E-state index contributed by atoms with van der Waals surface area (Å²) in [4.78, 5) is 4.26. The molecule has 0 radical (unpaired) electrons. The summed E-state index contributed by atoms with van der Waals surface area (Å²) in [6, 6.07) is 11.1. The van der Waals surface area contributed by atoms with E-state index in [9.17, 15) is 13.2 Å². The number of hydrogen-bond donors (Lipinski definition) is 0. The molecule has 0 atom stereocenters. The first-order valence-electron chi connectivity index (χ1n) is 5.24. The second-order valence-corrected chi connectivity index (χ2v) is 4.95. The fourth-order valence-electron chi connectivity index (χ4n) is 1.75. The SMILES string of the molecule is FC(F)(F)c1ccc2[s+]c3ccccc3nc2c1.[I-]. The van der Waals surface area contributed by atoms with Crippen LogP contribution in [0.3, 0.4) is 0 Å². The minimum atomic E-state index is -4.33. The van der Waals surface area contributed by atoms with E-state index in [0.29, 0.717) is 11.0 Å². The third-order valence-corrected chi connectivity index (χ3v) is 3.74. The van der Waals surface area contributed by atoms with E-state index in [4.69, 9.17) is 0 Å². The smallest absolute Gasteiger partial charge is 0.416 e. The zero-order valence-electron chi connectivity index (χ0n) is 9.41. The Morgan fingerprint density at radius 2 is 1.58 bits per heavy atom. The van der Waals surface area contributed by atoms with E-state index < -0.39 is 11.7 Å². The molecule has 1 nitrogen and oxygen atoms in total. The summed E-state index contributed by atoms with van der Waals surface area (Å²) in [5.41, 5.74) is 0.438. The summed E-state index contributed by atoms with van der Waals surface area (Å²) in [6.45, 7) is 0. The molecular formula is C13H7F3INS. The van der Waals surface area contributed by atoms with Gasteiger partial charge in [0, 0.05) is 12.1 Å². The van der Waals surface area contributed by atoms with E-state index in [0.717, 1.165) is 21.5 Å². The van der Waals surface area contributed by atoms with E-state index in [1.165, 1.54) is 17.4 Å². The van der Waals surface area contributed by atoms with Crippen molar-refractivity contribution in [3.8, 4) is 0 Å². The molecule has 0 spiro atoms. The standard InChI is InChI=1S/C13H7F3NS.HI/c14-13(15,16)8-5-6-12-10(7-8)17-9-3-1-2-4-11(9)18-12;/h1-7H;1H/q+1;/p-1. The van der Waals surface area contributed by atoms with Gasteiger partial charge < -0.3 is 24.0 Å². The third-order valence-electron chi connectivity index (χ3n) is 2.61. The summed E-state index contributed by atoms with van der Waals surface area (Å²) in [6.07, 6.45) is -4.33. The van der Waals surface area contributed by atoms with Crippen molar-refractivity contribution in [2.24, 2.45) is 0 Å². The first kappa shape index (κ1) is 14.4. The van der Waals surface area contributed by atoms with Crippen LogP contribution in [-0.2, 0) is 6.18 Å². The van der Waals surface area contributed by atoms with Gasteiger partial charge in [0.2, 0.25) is 11.3 Å². The summed E-state index contributed by atoms with van der Waals surface area (Å²) < 4.78 is 39.5. The molecule has 6 heteroatoms. The molecule has 0 saturated heterocycles. The molecule has 19 heavy (non-hydrogen) atoms. The number of benzene rings is 2. The average Bonchev–Trinajstić information content (AvgIpc) is 2.34. The Kier molecular flexibility index (Phi) is 3.91. The molecule has 0 aliphatic heterocycles. The normalized spacial score (nSPS) is 11.5. The molecule has 0 saturated carbocycles. The van der Waals surface area contributed by atoms with Gasteiger partial charge in [-0.25, -0.2) is 4.98 Å². The van der Waals surface area contributed by atoms with Gasteiger partial charge in [-0.1, -0.05) is 12.1 Å². The Labute approximate surface area is 128 Å². The average molecular weight is 393 g/mol. The molecule has 0 aliphatic carbocycles. The lowest BCUT2D eigenvalue weighted by molar-refractivity contribution is -0.137. The lowest BCUT2D eigenvalue weighted by Crippen LogP contribution is -3.00. The summed E-state index contributed by atoms with van der Waals surface area (Å²) >= 11 is 1.44. The first-order chi connectivity index (χ1) is 8.54. The number of rotatable bonds is 0. The maximum atomic E-state index is 12.6. The lowest BCUT2D eigenvalue weighted by atomic mass is 10.2. The molecule has 98 valence electrons. The van der Waals surface area contributed by atoms with Gasteiger partial charge in [-0.05, 0) is 18.2 Å². The van der Waals surface area contributed by atoms with Crippen LogP contribution in [0.1, 0.15) is 5.56 Å². The molecule has 0 bridgehead atoms. The molecule has 0 fully saturated rings. The van der Waals surface area contributed by atoms with Crippen molar-refractivity contribution in [1.29, 1.82) is 0 Å². The highest BCUT2D eigenvalue weighted by Gasteiger charge is 2.31. The fraction of sp³-hybridized carbons (Fsp3) is 0.0769. The summed E-state index contributed by atoms with van der Waals surface area (Å²) in [5, 5.41) is 0. The largest absolute Gasteiger partial charge is 1.00 e. The van der Waals surface area contributed by atoms with E-state index in [2.05, 4.69) is 4.98 Å². The molecule has 2 aromatic carbocycles. The molecule has 0 N–H and O–H groups in total. The van der Waals surface area contributed by atoms with Crippen molar-refractivity contribution in [1.82, 2.24) is 4.98 Å². The quantitative estimate of drug-likeness (QED) is 0.322. The van der Waals surface area contributed by atoms with Crippen LogP contribution >= 0.6 is 11.3 Å². The van der Waals surface area contributed by atoms with Crippen LogP contribution in [0.15, 0.2) is 42.5 Å². The van der Waals surface area contributed by atoms with Gasteiger partial charge in [-0.15, -0.1) is 0 Å². The number of fused-ring (bicyclic) bond motifs is 2. The predicted molar refractivity (Wildman–Crippen MR) is 66.5 cm³/mol. The number of hydrogen-bond acceptors (Lipinski definition) is 1. The van der Waals surface area contributed by atoms with Gasteiger partial charge in [-0.3, -0.25) is 0 Å². The van der Waals surface area contributed by atoms with Crippen molar-refractivity contribution in [2.45, 2.75) is 6.18 Å². The van der Waals surface area contributed by atoms with E-state index >= 15 is 0 Å². The van der Waals surface area contributed by atoms with Gasteiger partial charge in [-0.2, -0.15) is 13.2 Å². The fourth-order valence-corrected chi connectivity index (χ4v) is 2.70. The number of halogens is 4. The second kappa shape index (κ2) is 5.16. The molecule has 3 rings (SSSR count). The molecule has 0 amide bonds. The highest BCUT2D eigenvalue weighted by Crippen LogP contribution is 2.33. The minimum Gasteiger partial charge on any atom is -1.00 e. The number of aromatic nitrogens is 1. The van der Waals surface area contributed by atoms with Gasteiger partial charge in [0.25, 0.3) is 9.40 Å². The highest BCUT2D eigenvalue weighted by molar-refractivity contribution is 7.24. The zero-order valence-corrected chi connectivity index (χ0v) is 12.4. The van der Waals surface area contributed by atoms with E-state index in [1.807, 2.05) is 18.2 Å². The number of alkyl halides is 3. The Balaban J connectivity index is 0.00000133. The monoisotopic (exact) mass is 393 g/mol. The maximum absolute atomic E-state index is 12.6. The molecular weight excluding hydrogens is 386 g/mol. The summed E-state index contributed by atoms with van der Waals surface area (Å²) in [7, 11) is 0. The van der Waals surface area contributed by atoms with Crippen molar-refractivity contribution >= 4 is 31.8 Å². The first-order valence-corrected chi connectivity index (χ1v) is 6.05. The van der Waals surface area contributed by atoms with Gasteiger partial charge in [0.1, 0.15) is 11.0 Å². The second-order valence-electron chi connectivity index (χ2n) is 3.86. The van der Waals surface area contributed by atoms with Crippen LogP contribution in [-0.4, -0.2) is 4.98 Å². The summed E-state index contributed by atoms with van der Waals surface area (Å²) in [5.74, 6) is 0. The van der Waals surface area contributed by atoms with E-state index in [1.54, 1.807) is 6.07 Å². The maximum Gasteiger partial charge on any atom is 0.416 e. The van der Waals surface area contributed by atoms with Crippen molar-refractivity contribution in [3.63, 3.8) is 0 Å². The molecule has 1 heterocycles. The van der Waals surface area contributed by atoms with Gasteiger partial charge >= 0.3 is 6.18 Å². The third kappa shape index (κ3) is 2.79. The highest BCUT2D eigenvalue weighted by atomic mass is 127. The molecule has 1 aromatic heterocycles. The van der Waals surface area contributed by atoms with Crippen LogP contribution in [0, 0.1) is 0 Å². The van der Waals surface area contributed by atoms with Crippen LogP contribution in [0.2, 0.25) is 0 Å². The van der Waals surface area contributed by atoms with Gasteiger partial charge in [0.05, 0.1) is 5.56 Å². The number of para-hydroxylation sites is 1. The zero-order chi connectivity index (χ0) is 12.8. The van der Waals surface area contributed by atoms with Crippen LogP contribution in [0.4, 0.5) is 13.2 Å². The predicted octanol–water partition coefficient (Wildman–Crippen LogP) is 1.75. The number of nitrogens with zero attached hydrogens (tertiary/aromatic N) is 1. The van der Waals surface area contributed by atoms with Crippen LogP contribution in [0.25, 0.3) is 20.4 Å². The molecule has 0 unspecified atom stereocenters. The van der Waals surface area contributed by atoms with Gasteiger partial charge in [0.15, 0.2) is 0 Å². The van der Waals surface area contributed by atoms with E-state index in [-0.39, 0.29) is 24.0 Å². The Bertz CT molecular complexity index is 743. The molecule has 3 aromatic rings. The Morgan fingerprint density at radius 1 is 0.895 bits per heavy atom. The van der Waals surface area contributed by atoms with Crippen molar-refractivity contribution < 1.29 is 37.1 Å². The van der Waals surface area contributed by atoms with Crippen molar-refractivity contribution in [2.75, 3.05) is 0 Å².